The van der Waals surface area contributed by atoms with Crippen LogP contribution < -0.4 is 0 Å². The molecule has 1 aliphatic rings. The summed E-state index contributed by atoms with van der Waals surface area (Å²) >= 11 is 6.22. The van der Waals surface area contributed by atoms with Gasteiger partial charge in [-0.2, -0.15) is 5.10 Å². The molecule has 0 spiro atoms. The molecule has 138 valence electrons. The fourth-order valence-corrected chi connectivity index (χ4v) is 3.88. The second kappa shape index (κ2) is 7.53. The molecule has 0 unspecified atom stereocenters. The number of benzene rings is 2. The highest BCUT2D eigenvalue weighted by Gasteiger charge is 2.30. The quantitative estimate of drug-likeness (QED) is 0.708. The zero-order valence-corrected chi connectivity index (χ0v) is 15.4. The maximum atomic E-state index is 13.5. The maximum Gasteiger partial charge on any atom is 0.272 e. The molecule has 4 rings (SSSR count). The number of nitrogens with one attached hydrogen (secondary N) is 1. The van der Waals surface area contributed by atoms with Crippen molar-refractivity contribution in [1.29, 1.82) is 0 Å². The molecule has 1 aliphatic heterocycles. The number of likely N-dealkylation sites (tertiary alicyclic amines) is 1. The zero-order chi connectivity index (χ0) is 18.8. The maximum absolute atomic E-state index is 13.5. The lowest BCUT2D eigenvalue weighted by atomic mass is 10.0. The SMILES string of the molecule is O=C(c1cc(-c2ccccc2Cl)n[nH]1)N1CCC[C@H]1Cc1cccc(F)c1. The van der Waals surface area contributed by atoms with Crippen LogP contribution in [0.3, 0.4) is 0 Å². The monoisotopic (exact) mass is 383 g/mol. The molecule has 2 aromatic carbocycles. The van der Waals surface area contributed by atoms with E-state index in [1.54, 1.807) is 18.2 Å². The van der Waals surface area contributed by atoms with Gasteiger partial charge in [-0.05, 0) is 49.1 Å². The summed E-state index contributed by atoms with van der Waals surface area (Å²) in [5.41, 5.74) is 2.77. The van der Waals surface area contributed by atoms with Gasteiger partial charge in [-0.25, -0.2) is 4.39 Å². The molecule has 2 heterocycles. The van der Waals surface area contributed by atoms with Crippen LogP contribution in [0.15, 0.2) is 54.6 Å². The van der Waals surface area contributed by atoms with E-state index >= 15 is 0 Å². The number of hydrogen-bond acceptors (Lipinski definition) is 2. The number of nitrogens with zero attached hydrogens (tertiary/aromatic N) is 2. The topological polar surface area (TPSA) is 49.0 Å². The summed E-state index contributed by atoms with van der Waals surface area (Å²) in [5, 5.41) is 7.69. The standard InChI is InChI=1S/C21H19ClFN3O/c22-18-9-2-1-8-17(18)19-13-20(25-24-19)21(27)26-10-4-7-16(26)12-14-5-3-6-15(23)11-14/h1-3,5-6,8-9,11,13,16H,4,7,10,12H2,(H,24,25)/t16-/m0/s1. The fraction of sp³-hybridized carbons (Fsp3) is 0.238. The normalized spacial score (nSPS) is 16.7. The van der Waals surface area contributed by atoms with Gasteiger partial charge in [-0.15, -0.1) is 0 Å². The highest BCUT2D eigenvalue weighted by Crippen LogP contribution is 2.28. The molecule has 0 bridgehead atoms. The van der Waals surface area contributed by atoms with Gasteiger partial charge in [0.15, 0.2) is 0 Å². The Morgan fingerprint density at radius 3 is 2.89 bits per heavy atom. The largest absolute Gasteiger partial charge is 0.334 e. The number of aromatic nitrogens is 2. The van der Waals surface area contributed by atoms with Crippen LogP contribution in [0.5, 0.6) is 0 Å². The predicted molar refractivity (Wildman–Crippen MR) is 103 cm³/mol. The Morgan fingerprint density at radius 1 is 1.22 bits per heavy atom. The van der Waals surface area contributed by atoms with Crippen LogP contribution in [-0.4, -0.2) is 33.6 Å². The van der Waals surface area contributed by atoms with Crippen molar-refractivity contribution in [3.05, 3.63) is 76.7 Å². The molecular formula is C21H19ClFN3O. The van der Waals surface area contributed by atoms with Crippen molar-refractivity contribution in [2.45, 2.75) is 25.3 Å². The minimum Gasteiger partial charge on any atom is -0.334 e. The summed E-state index contributed by atoms with van der Waals surface area (Å²) in [4.78, 5) is 14.8. The van der Waals surface area contributed by atoms with Gasteiger partial charge in [0.2, 0.25) is 0 Å². The van der Waals surface area contributed by atoms with Gasteiger partial charge in [0.1, 0.15) is 11.5 Å². The van der Waals surface area contributed by atoms with Crippen molar-refractivity contribution >= 4 is 17.5 Å². The molecule has 27 heavy (non-hydrogen) atoms. The Kier molecular flexibility index (Phi) is 4.94. The van der Waals surface area contributed by atoms with Crippen molar-refractivity contribution in [3.8, 4) is 11.3 Å². The number of aromatic amines is 1. The van der Waals surface area contributed by atoms with Crippen molar-refractivity contribution in [1.82, 2.24) is 15.1 Å². The molecule has 1 aromatic heterocycles. The summed E-state index contributed by atoms with van der Waals surface area (Å²) in [5.74, 6) is -0.332. The van der Waals surface area contributed by atoms with Crippen molar-refractivity contribution < 1.29 is 9.18 Å². The third-order valence-electron chi connectivity index (χ3n) is 4.96. The van der Waals surface area contributed by atoms with Gasteiger partial charge in [-0.3, -0.25) is 9.89 Å². The van der Waals surface area contributed by atoms with E-state index in [1.807, 2.05) is 29.2 Å². The molecule has 1 atom stereocenters. The summed E-state index contributed by atoms with van der Waals surface area (Å²) in [6, 6.07) is 15.8. The molecule has 6 heteroatoms. The molecule has 0 radical (unpaired) electrons. The van der Waals surface area contributed by atoms with Crippen LogP contribution in [0.4, 0.5) is 4.39 Å². The van der Waals surface area contributed by atoms with Gasteiger partial charge in [0.05, 0.1) is 10.7 Å². The first-order valence-corrected chi connectivity index (χ1v) is 9.35. The molecule has 1 N–H and O–H groups in total. The van der Waals surface area contributed by atoms with Crippen LogP contribution in [0, 0.1) is 5.82 Å². The molecule has 0 saturated carbocycles. The van der Waals surface area contributed by atoms with Crippen LogP contribution >= 0.6 is 11.6 Å². The molecular weight excluding hydrogens is 365 g/mol. The second-order valence-electron chi connectivity index (χ2n) is 6.78. The highest BCUT2D eigenvalue weighted by atomic mass is 35.5. The van der Waals surface area contributed by atoms with E-state index in [4.69, 9.17) is 11.6 Å². The Balaban J connectivity index is 1.53. The first-order chi connectivity index (χ1) is 13.1. The Hall–Kier alpha value is -2.66. The number of H-pyrrole nitrogens is 1. The highest BCUT2D eigenvalue weighted by molar-refractivity contribution is 6.33. The van der Waals surface area contributed by atoms with Crippen LogP contribution in [0.1, 0.15) is 28.9 Å². The van der Waals surface area contributed by atoms with Crippen molar-refractivity contribution in [3.63, 3.8) is 0 Å². The van der Waals surface area contributed by atoms with Gasteiger partial charge >= 0.3 is 0 Å². The zero-order valence-electron chi connectivity index (χ0n) is 14.7. The van der Waals surface area contributed by atoms with Crippen LogP contribution in [0.2, 0.25) is 5.02 Å². The molecule has 0 aliphatic carbocycles. The molecule has 1 saturated heterocycles. The minimum atomic E-state index is -0.249. The lowest BCUT2D eigenvalue weighted by Crippen LogP contribution is -2.37. The smallest absolute Gasteiger partial charge is 0.272 e. The van der Waals surface area contributed by atoms with Crippen molar-refractivity contribution in [2.24, 2.45) is 0 Å². The van der Waals surface area contributed by atoms with E-state index in [-0.39, 0.29) is 17.8 Å². The van der Waals surface area contributed by atoms with E-state index in [2.05, 4.69) is 10.2 Å². The van der Waals surface area contributed by atoms with Crippen molar-refractivity contribution in [2.75, 3.05) is 6.54 Å². The number of carbonyl (C=O) groups is 1. The number of rotatable bonds is 4. The molecule has 1 amide bonds. The van der Waals surface area contributed by atoms with Gasteiger partial charge in [-0.1, -0.05) is 41.9 Å². The Morgan fingerprint density at radius 2 is 2.07 bits per heavy atom. The minimum absolute atomic E-state index is 0.0614. The van der Waals surface area contributed by atoms with Gasteiger partial charge in [0.25, 0.3) is 5.91 Å². The molecule has 1 fully saturated rings. The average Bonchev–Trinajstić information content (AvgIpc) is 3.31. The van der Waals surface area contributed by atoms with E-state index in [0.717, 1.165) is 24.0 Å². The number of halogens is 2. The lowest BCUT2D eigenvalue weighted by molar-refractivity contribution is 0.0730. The van der Waals surface area contributed by atoms with Gasteiger partial charge in [0, 0.05) is 18.2 Å². The predicted octanol–water partition coefficient (Wildman–Crippen LogP) is 4.72. The second-order valence-corrected chi connectivity index (χ2v) is 7.18. The van der Waals surface area contributed by atoms with Crippen LogP contribution in [-0.2, 0) is 6.42 Å². The van der Waals surface area contributed by atoms with E-state index in [0.29, 0.717) is 29.4 Å². The summed E-state index contributed by atoms with van der Waals surface area (Å²) in [7, 11) is 0. The molecule has 3 aromatic rings. The Bertz CT molecular complexity index is 971. The number of amides is 1. The summed E-state index contributed by atoms with van der Waals surface area (Å²) in [6.45, 7) is 0.694. The third kappa shape index (κ3) is 3.74. The van der Waals surface area contributed by atoms with E-state index < -0.39 is 0 Å². The summed E-state index contributed by atoms with van der Waals surface area (Å²) in [6.07, 6.45) is 2.50. The number of carbonyl (C=O) groups excluding carboxylic acids is 1. The van der Waals surface area contributed by atoms with Crippen LogP contribution in [0.25, 0.3) is 11.3 Å². The van der Waals surface area contributed by atoms with E-state index in [1.165, 1.54) is 12.1 Å². The van der Waals surface area contributed by atoms with Gasteiger partial charge < -0.3 is 4.90 Å². The third-order valence-corrected chi connectivity index (χ3v) is 5.29. The summed E-state index contributed by atoms with van der Waals surface area (Å²) < 4.78 is 13.5. The average molecular weight is 384 g/mol. The number of hydrogen-bond donors (Lipinski definition) is 1. The fourth-order valence-electron chi connectivity index (χ4n) is 3.64. The Labute approximate surface area is 162 Å². The first kappa shape index (κ1) is 17.7. The molecule has 4 nitrogen and oxygen atoms in total. The lowest BCUT2D eigenvalue weighted by Gasteiger charge is -2.24. The van der Waals surface area contributed by atoms with E-state index in [9.17, 15) is 9.18 Å². The first-order valence-electron chi connectivity index (χ1n) is 8.97.